The van der Waals surface area contributed by atoms with Crippen LogP contribution in [0.25, 0.3) is 10.1 Å². The Bertz CT molecular complexity index is 950. The normalized spacial score (nSPS) is 20.1. The highest BCUT2D eigenvalue weighted by atomic mass is 32.2. The zero-order valence-corrected chi connectivity index (χ0v) is 15.6. The number of piperazine rings is 1. The number of hydrogen-bond acceptors (Lipinski definition) is 4. The maximum Gasteiger partial charge on any atom is 0.253 e. The van der Waals surface area contributed by atoms with E-state index in [1.165, 1.54) is 11.3 Å². The van der Waals surface area contributed by atoms with E-state index in [-0.39, 0.29) is 6.04 Å². The van der Waals surface area contributed by atoms with Crippen LogP contribution in [0.2, 0.25) is 0 Å². The van der Waals surface area contributed by atoms with Crippen LogP contribution in [-0.2, 0) is 10.0 Å². The average Bonchev–Trinajstić information content (AvgIpc) is 3.07. The fraction of sp³-hybridized carbons (Fsp3) is 0.263. The molecule has 0 saturated carbocycles. The van der Waals surface area contributed by atoms with E-state index in [2.05, 4.69) is 4.90 Å². The number of sulfonamides is 1. The van der Waals surface area contributed by atoms with Crippen molar-refractivity contribution in [2.24, 2.45) is 0 Å². The Balaban J connectivity index is 1.76. The maximum atomic E-state index is 13.4. The Kier molecular flexibility index (Phi) is 4.37. The van der Waals surface area contributed by atoms with Crippen LogP contribution in [0.3, 0.4) is 0 Å². The molecule has 1 aromatic heterocycles. The molecule has 0 amide bonds. The summed E-state index contributed by atoms with van der Waals surface area (Å²) in [6.07, 6.45) is 0. The monoisotopic (exact) mass is 372 g/mol. The predicted octanol–water partition coefficient (Wildman–Crippen LogP) is 3.58. The molecule has 1 aliphatic rings. The SMILES string of the molecule is CN1CCN(S(=O)(=O)c2cc3ccccc3s2)C(c2ccccc2)C1. The van der Waals surface area contributed by atoms with E-state index in [1.807, 2.05) is 61.6 Å². The van der Waals surface area contributed by atoms with Crippen LogP contribution in [-0.4, -0.2) is 44.3 Å². The van der Waals surface area contributed by atoms with Gasteiger partial charge in [-0.15, -0.1) is 11.3 Å². The fourth-order valence-corrected chi connectivity index (χ4v) is 6.46. The molecule has 0 aliphatic carbocycles. The molecule has 1 aliphatic heterocycles. The molecule has 1 saturated heterocycles. The second-order valence-corrected chi connectivity index (χ2v) is 9.61. The minimum Gasteiger partial charge on any atom is -0.303 e. The molecule has 2 aromatic carbocycles. The van der Waals surface area contributed by atoms with Crippen molar-refractivity contribution in [1.82, 2.24) is 9.21 Å². The summed E-state index contributed by atoms with van der Waals surface area (Å²) < 4.78 is 29.8. The molecule has 2 heterocycles. The van der Waals surface area contributed by atoms with E-state index in [1.54, 1.807) is 10.4 Å². The van der Waals surface area contributed by atoms with Gasteiger partial charge in [0.25, 0.3) is 10.0 Å². The summed E-state index contributed by atoms with van der Waals surface area (Å²) in [7, 11) is -1.48. The van der Waals surface area contributed by atoms with Gasteiger partial charge in [-0.1, -0.05) is 48.5 Å². The molecule has 1 atom stereocenters. The standard InChI is InChI=1S/C19H20N2O2S2/c1-20-11-12-21(17(14-20)15-7-3-2-4-8-15)25(22,23)19-13-16-9-5-6-10-18(16)24-19/h2-10,13,17H,11-12,14H2,1H3. The Hall–Kier alpha value is -1.73. The summed E-state index contributed by atoms with van der Waals surface area (Å²) in [6, 6.07) is 19.4. The molecule has 0 bridgehead atoms. The largest absolute Gasteiger partial charge is 0.303 e. The summed E-state index contributed by atoms with van der Waals surface area (Å²) in [4.78, 5) is 2.19. The first-order valence-electron chi connectivity index (χ1n) is 8.29. The van der Waals surface area contributed by atoms with Crippen LogP contribution in [0.15, 0.2) is 64.9 Å². The smallest absolute Gasteiger partial charge is 0.253 e. The van der Waals surface area contributed by atoms with Crippen molar-refractivity contribution in [1.29, 1.82) is 0 Å². The van der Waals surface area contributed by atoms with Crippen molar-refractivity contribution in [3.8, 4) is 0 Å². The minimum atomic E-state index is -3.52. The van der Waals surface area contributed by atoms with Crippen LogP contribution in [0.1, 0.15) is 11.6 Å². The van der Waals surface area contributed by atoms with Gasteiger partial charge >= 0.3 is 0 Å². The molecule has 0 radical (unpaired) electrons. The van der Waals surface area contributed by atoms with E-state index >= 15 is 0 Å². The van der Waals surface area contributed by atoms with Gasteiger partial charge in [0.2, 0.25) is 0 Å². The van der Waals surface area contributed by atoms with Crippen molar-refractivity contribution in [3.63, 3.8) is 0 Å². The van der Waals surface area contributed by atoms with E-state index in [0.717, 1.165) is 22.2 Å². The van der Waals surface area contributed by atoms with Gasteiger partial charge in [-0.05, 0) is 30.1 Å². The van der Waals surface area contributed by atoms with Crippen molar-refractivity contribution >= 4 is 31.4 Å². The maximum absolute atomic E-state index is 13.4. The summed E-state index contributed by atoms with van der Waals surface area (Å²) in [5, 5.41) is 0.983. The van der Waals surface area contributed by atoms with Gasteiger partial charge in [0.1, 0.15) is 4.21 Å². The predicted molar refractivity (Wildman–Crippen MR) is 102 cm³/mol. The van der Waals surface area contributed by atoms with Gasteiger partial charge in [0.15, 0.2) is 0 Å². The molecular formula is C19H20N2O2S2. The van der Waals surface area contributed by atoms with E-state index in [9.17, 15) is 8.42 Å². The lowest BCUT2D eigenvalue weighted by Crippen LogP contribution is -2.49. The van der Waals surface area contributed by atoms with Crippen LogP contribution in [0, 0.1) is 0 Å². The van der Waals surface area contributed by atoms with Gasteiger partial charge in [-0.25, -0.2) is 8.42 Å². The third-order valence-corrected chi connectivity index (χ3v) is 8.16. The number of rotatable bonds is 3. The molecule has 6 heteroatoms. The second kappa shape index (κ2) is 6.53. The molecule has 4 rings (SSSR count). The lowest BCUT2D eigenvalue weighted by molar-refractivity contribution is 0.161. The molecule has 130 valence electrons. The van der Waals surface area contributed by atoms with Crippen molar-refractivity contribution in [3.05, 3.63) is 66.2 Å². The molecule has 0 spiro atoms. The first-order valence-corrected chi connectivity index (χ1v) is 10.6. The first-order chi connectivity index (χ1) is 12.1. The van der Waals surface area contributed by atoms with E-state index < -0.39 is 10.0 Å². The molecular weight excluding hydrogens is 352 g/mol. The van der Waals surface area contributed by atoms with E-state index in [4.69, 9.17) is 0 Å². The van der Waals surface area contributed by atoms with E-state index in [0.29, 0.717) is 17.3 Å². The zero-order chi connectivity index (χ0) is 17.4. The molecule has 25 heavy (non-hydrogen) atoms. The number of fused-ring (bicyclic) bond motifs is 1. The fourth-order valence-electron chi connectivity index (χ4n) is 3.34. The van der Waals surface area contributed by atoms with Gasteiger partial charge in [-0.2, -0.15) is 4.31 Å². The molecule has 0 N–H and O–H groups in total. The van der Waals surface area contributed by atoms with Gasteiger partial charge in [0, 0.05) is 24.3 Å². The number of hydrogen-bond donors (Lipinski definition) is 0. The van der Waals surface area contributed by atoms with Crippen molar-refractivity contribution in [2.45, 2.75) is 10.3 Å². The van der Waals surface area contributed by atoms with Crippen LogP contribution >= 0.6 is 11.3 Å². The van der Waals surface area contributed by atoms with Crippen LogP contribution in [0.4, 0.5) is 0 Å². The number of benzene rings is 2. The minimum absolute atomic E-state index is 0.157. The van der Waals surface area contributed by atoms with Crippen molar-refractivity contribution in [2.75, 3.05) is 26.7 Å². The van der Waals surface area contributed by atoms with Gasteiger partial charge in [-0.3, -0.25) is 0 Å². The third kappa shape index (κ3) is 3.11. The van der Waals surface area contributed by atoms with Gasteiger partial charge < -0.3 is 4.90 Å². The van der Waals surface area contributed by atoms with Gasteiger partial charge in [0.05, 0.1) is 6.04 Å². The second-order valence-electron chi connectivity index (χ2n) is 6.41. The highest BCUT2D eigenvalue weighted by Crippen LogP contribution is 2.35. The quantitative estimate of drug-likeness (QED) is 0.706. The lowest BCUT2D eigenvalue weighted by Gasteiger charge is -2.39. The highest BCUT2D eigenvalue weighted by Gasteiger charge is 2.36. The number of thiophene rings is 1. The van der Waals surface area contributed by atoms with Crippen molar-refractivity contribution < 1.29 is 8.42 Å². The molecule has 1 fully saturated rings. The summed E-state index contributed by atoms with van der Waals surface area (Å²) in [5.41, 5.74) is 1.04. The lowest BCUT2D eigenvalue weighted by atomic mass is 10.1. The number of nitrogens with zero attached hydrogens (tertiary/aromatic N) is 2. The Morgan fingerprint density at radius 2 is 1.72 bits per heavy atom. The number of likely N-dealkylation sites (N-methyl/N-ethyl adjacent to an activating group) is 1. The summed E-state index contributed by atoms with van der Waals surface area (Å²) in [5.74, 6) is 0. The molecule has 4 nitrogen and oxygen atoms in total. The Labute approximate surface area is 152 Å². The Morgan fingerprint density at radius 3 is 2.48 bits per heavy atom. The first kappa shape index (κ1) is 16.7. The third-order valence-electron chi connectivity index (χ3n) is 4.68. The average molecular weight is 373 g/mol. The van der Waals surface area contributed by atoms with Crippen LogP contribution in [0.5, 0.6) is 0 Å². The Morgan fingerprint density at radius 1 is 1.00 bits per heavy atom. The summed E-state index contributed by atoms with van der Waals surface area (Å²) >= 11 is 1.35. The molecule has 1 unspecified atom stereocenters. The summed E-state index contributed by atoms with van der Waals surface area (Å²) in [6.45, 7) is 1.95. The molecule has 3 aromatic rings. The zero-order valence-electron chi connectivity index (χ0n) is 14.0. The van der Waals surface area contributed by atoms with Crippen LogP contribution < -0.4 is 0 Å². The topological polar surface area (TPSA) is 40.6 Å². The highest BCUT2D eigenvalue weighted by molar-refractivity contribution is 7.91.